The van der Waals surface area contributed by atoms with Gasteiger partial charge in [0.2, 0.25) is 35.4 Å². The molecule has 14 nitrogen and oxygen atoms in total. The lowest BCUT2D eigenvalue weighted by Gasteiger charge is -2.28. The molecule has 0 spiro atoms. The largest absolute Gasteiger partial charge is 0.480 e. The van der Waals surface area contributed by atoms with Gasteiger partial charge in [0.25, 0.3) is 0 Å². The number of anilines is 1. The molecule has 7 N–H and O–H groups in total. The second-order valence-corrected chi connectivity index (χ2v) is 18.0. The molecule has 3 heterocycles. The van der Waals surface area contributed by atoms with Gasteiger partial charge in [0.05, 0.1) is 0 Å². The monoisotopic (exact) mass is 946 g/mol. The van der Waals surface area contributed by atoms with E-state index >= 15 is 0 Å². The maximum absolute atomic E-state index is 14.8. The Kier molecular flexibility index (Phi) is 16.8. The molecule has 0 radical (unpaired) electrons. The van der Waals surface area contributed by atoms with E-state index < -0.39 is 77.5 Å². The van der Waals surface area contributed by atoms with Gasteiger partial charge in [0.15, 0.2) is 0 Å². The zero-order valence-electron chi connectivity index (χ0n) is 37.9. The Balaban J connectivity index is 1.24. The molecule has 0 fully saturated rings. The molecule has 1 aromatic heterocycles. The minimum Gasteiger partial charge on any atom is -0.480 e. The van der Waals surface area contributed by atoms with Crippen molar-refractivity contribution in [1.29, 1.82) is 0 Å². The minimum atomic E-state index is -1.38. The summed E-state index contributed by atoms with van der Waals surface area (Å²) in [5.41, 5.74) is 4.94. The lowest BCUT2D eigenvalue weighted by Crippen LogP contribution is -2.60. The fraction of sp³-hybridized carbons (Fsp3) is 0.241. The molecule has 2 bridgehead atoms. The number of carbonyl (C=O) groups excluding carboxylic acids is 6. The van der Waals surface area contributed by atoms with Gasteiger partial charge in [-0.1, -0.05) is 140 Å². The molecule has 0 aliphatic carbocycles. The molecular weight excluding hydrogens is 893 g/mol. The first-order valence-electron chi connectivity index (χ1n) is 22.8. The van der Waals surface area contributed by atoms with Crippen LogP contribution in [0.5, 0.6) is 0 Å². The Morgan fingerprint density at radius 3 is 1.72 bits per heavy atom. The molecule has 2 aliphatic rings. The molecule has 0 saturated carbocycles. The number of fused-ring (bicyclic) bond motifs is 18. The van der Waals surface area contributed by atoms with Crippen LogP contribution in [0, 0.1) is 0 Å². The third kappa shape index (κ3) is 14.1. The summed E-state index contributed by atoms with van der Waals surface area (Å²) in [6.45, 7) is 1.69. The number of hydrogen-bond donors (Lipinski definition) is 7. The lowest BCUT2D eigenvalue weighted by atomic mass is 9.92. The van der Waals surface area contributed by atoms with E-state index in [2.05, 4.69) is 31.9 Å². The van der Waals surface area contributed by atoms with Crippen LogP contribution in [0.15, 0.2) is 157 Å². The van der Waals surface area contributed by atoms with Gasteiger partial charge in [-0.3, -0.25) is 28.8 Å². The molecule has 15 heteroatoms. The molecule has 8 rings (SSSR count). The van der Waals surface area contributed by atoms with Crippen LogP contribution in [0.1, 0.15) is 52.8 Å². The Labute approximate surface area is 404 Å². The van der Waals surface area contributed by atoms with Crippen LogP contribution >= 0.6 is 11.3 Å². The van der Waals surface area contributed by atoms with Gasteiger partial charge in [0.1, 0.15) is 30.2 Å². The van der Waals surface area contributed by atoms with Crippen LogP contribution in [0.2, 0.25) is 0 Å². The van der Waals surface area contributed by atoms with Crippen LogP contribution in [-0.2, 0) is 59.2 Å². The summed E-state index contributed by atoms with van der Waals surface area (Å²) in [7, 11) is 0. The SMILES string of the molecule is CC(c1ccccc1)C(NC(=O)C1Cc2ccc(cc2)NC(=O)CCC(=O)NC(Cc2cccs2)C(=O)NC(Cc2ccc(-c3ccccc3)cc2)C(=O)NC(Cc2ccccc2)C(=O)N1)C(=O)O. The molecule has 6 atom stereocenters. The predicted molar refractivity (Wildman–Crippen MR) is 264 cm³/mol. The van der Waals surface area contributed by atoms with Crippen molar-refractivity contribution >= 4 is 58.4 Å². The minimum absolute atomic E-state index is 0.0107. The van der Waals surface area contributed by atoms with Gasteiger partial charge in [-0.25, -0.2) is 4.79 Å². The van der Waals surface area contributed by atoms with E-state index in [1.165, 1.54) is 11.3 Å². The van der Waals surface area contributed by atoms with Crippen LogP contribution < -0.4 is 31.9 Å². The third-order valence-corrected chi connectivity index (χ3v) is 12.9. The number of amides is 6. The van der Waals surface area contributed by atoms with Crippen molar-refractivity contribution in [2.45, 2.75) is 81.6 Å². The molecule has 6 unspecified atom stereocenters. The van der Waals surface area contributed by atoms with Crippen LogP contribution in [0.25, 0.3) is 11.1 Å². The smallest absolute Gasteiger partial charge is 0.326 e. The summed E-state index contributed by atoms with van der Waals surface area (Å²) >= 11 is 1.39. The van der Waals surface area contributed by atoms with Gasteiger partial charge in [0, 0.05) is 55.0 Å². The number of nitrogens with one attached hydrogen (secondary N) is 6. The van der Waals surface area contributed by atoms with Gasteiger partial charge < -0.3 is 37.0 Å². The number of carbonyl (C=O) groups is 7. The van der Waals surface area contributed by atoms with Crippen LogP contribution in [0.4, 0.5) is 5.69 Å². The number of aliphatic carboxylic acids is 1. The highest BCUT2D eigenvalue weighted by Crippen LogP contribution is 2.22. The lowest BCUT2D eigenvalue weighted by molar-refractivity contribution is -0.143. The first-order chi connectivity index (χ1) is 33.4. The predicted octanol–water partition coefficient (Wildman–Crippen LogP) is 5.73. The Morgan fingerprint density at radius 1 is 0.594 bits per heavy atom. The fourth-order valence-electron chi connectivity index (χ4n) is 8.11. The average molecular weight is 947 g/mol. The summed E-state index contributed by atoms with van der Waals surface area (Å²) in [5, 5.41) is 29.0. The summed E-state index contributed by atoms with van der Waals surface area (Å²) in [5.74, 6) is -5.85. The third-order valence-electron chi connectivity index (χ3n) is 12.0. The molecule has 2 aliphatic heterocycles. The van der Waals surface area contributed by atoms with Crippen molar-refractivity contribution in [3.05, 3.63) is 184 Å². The molecule has 6 aromatic rings. The van der Waals surface area contributed by atoms with Crippen molar-refractivity contribution in [2.75, 3.05) is 5.32 Å². The Morgan fingerprint density at radius 2 is 1.13 bits per heavy atom. The standard InChI is InChI=1S/C54H54N6O8S/c1-34(38-14-7-3-8-15-38)49(54(67)68)60-53(66)45-32-37-21-25-41(26-22-37)55-47(61)27-28-48(62)56-46(33-42-18-11-29-69-42)52(65)58-44(31-36-19-23-40(24-20-36)39-16-9-4-10-17-39)51(64)57-43(50(63)59-45)30-35-12-5-2-6-13-35/h2-26,29,34,43-46,49H,27-28,30-33H2,1H3,(H,55,61)(H,56,62)(H,57,64)(H,58,65)(H,59,63)(H,60,66)(H,67,68). The highest BCUT2D eigenvalue weighted by molar-refractivity contribution is 7.09. The highest BCUT2D eigenvalue weighted by atomic mass is 32.1. The van der Waals surface area contributed by atoms with Crippen molar-refractivity contribution in [1.82, 2.24) is 26.6 Å². The van der Waals surface area contributed by atoms with Gasteiger partial charge in [-0.15, -0.1) is 11.3 Å². The van der Waals surface area contributed by atoms with Gasteiger partial charge in [-0.05, 0) is 57.0 Å². The zero-order chi connectivity index (χ0) is 48.7. The maximum atomic E-state index is 14.8. The van der Waals surface area contributed by atoms with E-state index in [9.17, 15) is 38.7 Å². The molecule has 354 valence electrons. The molecular formula is C54H54N6O8S. The quantitative estimate of drug-likeness (QED) is 0.0752. The topological polar surface area (TPSA) is 212 Å². The number of thiophene rings is 1. The molecule has 0 saturated heterocycles. The second-order valence-electron chi connectivity index (χ2n) is 17.0. The number of rotatable bonds is 12. The van der Waals surface area contributed by atoms with Crippen molar-refractivity contribution < 1.29 is 38.7 Å². The normalized spacial score (nSPS) is 19.3. The van der Waals surface area contributed by atoms with Crippen molar-refractivity contribution in [3.8, 4) is 11.1 Å². The molecule has 5 aromatic carbocycles. The highest BCUT2D eigenvalue weighted by Gasteiger charge is 2.35. The van der Waals surface area contributed by atoms with E-state index in [4.69, 9.17) is 0 Å². The fourth-order valence-corrected chi connectivity index (χ4v) is 8.87. The first kappa shape index (κ1) is 49.0. The Bertz CT molecular complexity index is 2700. The van der Waals surface area contributed by atoms with E-state index in [1.807, 2.05) is 78.2 Å². The Hall–Kier alpha value is -7.91. The van der Waals surface area contributed by atoms with E-state index in [0.717, 1.165) is 16.0 Å². The summed E-state index contributed by atoms with van der Waals surface area (Å²) < 4.78 is 0. The zero-order valence-corrected chi connectivity index (χ0v) is 38.7. The molecule has 6 amide bonds. The summed E-state index contributed by atoms with van der Waals surface area (Å²) in [4.78, 5) is 98.3. The van der Waals surface area contributed by atoms with Crippen LogP contribution in [0.3, 0.4) is 0 Å². The average Bonchev–Trinajstić information content (AvgIpc) is 3.88. The van der Waals surface area contributed by atoms with E-state index in [1.54, 1.807) is 85.8 Å². The summed E-state index contributed by atoms with van der Waals surface area (Å²) in [6.07, 6.45) is -0.469. The summed E-state index contributed by atoms with van der Waals surface area (Å²) in [6, 6.07) is 38.8. The first-order valence-corrected chi connectivity index (χ1v) is 23.6. The number of hydrogen-bond acceptors (Lipinski definition) is 8. The van der Waals surface area contributed by atoms with E-state index in [0.29, 0.717) is 27.9 Å². The number of carboxylic acid groups (broad SMARTS) is 1. The maximum Gasteiger partial charge on any atom is 0.326 e. The van der Waals surface area contributed by atoms with Gasteiger partial charge >= 0.3 is 5.97 Å². The molecule has 69 heavy (non-hydrogen) atoms. The van der Waals surface area contributed by atoms with Crippen molar-refractivity contribution in [3.63, 3.8) is 0 Å². The van der Waals surface area contributed by atoms with Crippen molar-refractivity contribution in [2.24, 2.45) is 0 Å². The number of benzene rings is 5. The second kappa shape index (κ2) is 23.7. The number of carboxylic acids is 1. The van der Waals surface area contributed by atoms with Crippen LogP contribution in [-0.4, -0.2) is 76.7 Å². The van der Waals surface area contributed by atoms with Gasteiger partial charge in [-0.2, -0.15) is 0 Å². The van der Waals surface area contributed by atoms with E-state index in [-0.39, 0.29) is 38.5 Å².